The molecule has 5 aliphatic rings. The number of hydrogen-bond acceptors (Lipinski definition) is 9. The summed E-state index contributed by atoms with van der Waals surface area (Å²) in [5, 5.41) is 6.84. The van der Waals surface area contributed by atoms with Crippen LogP contribution >= 0.6 is 0 Å². The van der Waals surface area contributed by atoms with Crippen molar-refractivity contribution in [3.63, 3.8) is 0 Å². The number of para-hydroxylation sites is 1. The molecular formula is C37H49FN4O7. The van der Waals surface area contributed by atoms with Crippen molar-refractivity contribution in [2.75, 3.05) is 26.7 Å². The lowest BCUT2D eigenvalue weighted by Gasteiger charge is -2.34. The minimum atomic E-state index is -1.15. The van der Waals surface area contributed by atoms with Crippen LogP contribution < -0.4 is 20.1 Å². The SMILES string of the molecule is COC(=O)C1CC2CN1C(=O)C(C1CCCCC1)NC(=O)OC1CC1CCCCCc1c(nc3ccccc3c1OC1CCNCC1F)O2. The molecule has 1 aromatic heterocycles. The van der Waals surface area contributed by atoms with Crippen LogP contribution in [0.4, 0.5) is 9.18 Å². The number of aromatic nitrogens is 1. The molecule has 266 valence electrons. The number of fused-ring (bicyclic) bond motifs is 5. The molecule has 2 saturated carbocycles. The lowest BCUT2D eigenvalue weighted by Crippen LogP contribution is -2.55. The number of alkyl halides is 1. The van der Waals surface area contributed by atoms with E-state index in [0.29, 0.717) is 42.5 Å². The summed E-state index contributed by atoms with van der Waals surface area (Å²) in [6, 6.07) is 5.96. The van der Waals surface area contributed by atoms with Crippen molar-refractivity contribution in [3.05, 3.63) is 29.8 Å². The molecule has 0 radical (unpaired) electrons. The largest absolute Gasteiger partial charge is 0.486 e. The van der Waals surface area contributed by atoms with Gasteiger partial charge in [-0.25, -0.2) is 19.0 Å². The van der Waals surface area contributed by atoms with Crippen LogP contribution in [-0.4, -0.2) is 91.2 Å². The molecule has 2 N–H and O–H groups in total. The molecule has 4 heterocycles. The zero-order chi connectivity index (χ0) is 33.9. The standard InChI is InChI=1S/C37H49FN4O7/c1-46-36(44)29-19-24-21-42(29)35(43)32(22-10-4-2-5-11-22)41-37(45)49-31-18-23(31)12-6-3-7-14-26-33(48-30-16-17-39-20-27(30)38)25-13-8-9-15-28(25)40-34(26)47-24/h8-9,13,15,22-24,27,29-32,39H,2-7,10-12,14,16-21H2,1H3,(H,41,45). The molecule has 7 unspecified atom stereocenters. The number of alkyl carbamates (subject to hydrolysis) is 1. The number of pyridine rings is 1. The van der Waals surface area contributed by atoms with E-state index in [0.717, 1.165) is 75.2 Å². The summed E-state index contributed by atoms with van der Waals surface area (Å²) in [5.41, 5.74) is 1.45. The van der Waals surface area contributed by atoms with E-state index in [1.165, 1.54) is 12.0 Å². The second kappa shape index (κ2) is 15.1. The highest BCUT2D eigenvalue weighted by Crippen LogP contribution is 2.41. The second-order valence-corrected chi connectivity index (χ2v) is 14.5. The van der Waals surface area contributed by atoms with Gasteiger partial charge in [-0.1, -0.05) is 44.2 Å². The first kappa shape index (κ1) is 33.8. The van der Waals surface area contributed by atoms with Crippen molar-refractivity contribution in [1.82, 2.24) is 20.5 Å². The maximum atomic E-state index is 15.1. The van der Waals surface area contributed by atoms with E-state index in [9.17, 15) is 14.4 Å². The number of halogens is 1. The Morgan fingerprint density at radius 2 is 1.76 bits per heavy atom. The number of nitrogens with zero attached hydrogens (tertiary/aromatic N) is 2. The number of esters is 1. The van der Waals surface area contributed by atoms with Gasteiger partial charge in [0.25, 0.3) is 0 Å². The molecule has 2 aromatic rings. The number of nitrogens with one attached hydrogen (secondary N) is 2. The smallest absolute Gasteiger partial charge is 0.408 e. The van der Waals surface area contributed by atoms with Gasteiger partial charge in [0.15, 0.2) is 0 Å². The van der Waals surface area contributed by atoms with E-state index in [1.807, 2.05) is 24.3 Å². The van der Waals surface area contributed by atoms with E-state index in [2.05, 4.69) is 10.6 Å². The summed E-state index contributed by atoms with van der Waals surface area (Å²) < 4.78 is 39.4. The topological polar surface area (TPSA) is 128 Å². The van der Waals surface area contributed by atoms with E-state index in [1.54, 1.807) is 0 Å². The summed E-state index contributed by atoms with van der Waals surface area (Å²) >= 11 is 0. The molecule has 2 aliphatic carbocycles. The van der Waals surface area contributed by atoms with Gasteiger partial charge in [0.1, 0.15) is 42.3 Å². The predicted octanol–water partition coefficient (Wildman–Crippen LogP) is 5.02. The third-order valence-corrected chi connectivity index (χ3v) is 11.1. The Hall–Kier alpha value is -3.67. The molecule has 4 fully saturated rings. The van der Waals surface area contributed by atoms with Crippen LogP contribution in [0.15, 0.2) is 24.3 Å². The average molecular weight is 681 g/mol. The zero-order valence-corrected chi connectivity index (χ0v) is 28.4. The Balaban J connectivity index is 1.25. The van der Waals surface area contributed by atoms with Crippen molar-refractivity contribution in [3.8, 4) is 11.6 Å². The minimum Gasteiger partial charge on any atom is -0.486 e. The third-order valence-electron chi connectivity index (χ3n) is 11.1. The summed E-state index contributed by atoms with van der Waals surface area (Å²) in [4.78, 5) is 47.2. The van der Waals surface area contributed by atoms with E-state index < -0.39 is 42.5 Å². The lowest BCUT2D eigenvalue weighted by molar-refractivity contribution is -0.152. The maximum Gasteiger partial charge on any atom is 0.408 e. The van der Waals surface area contributed by atoms with Gasteiger partial charge in [-0.15, -0.1) is 0 Å². The molecule has 2 bridgehead atoms. The van der Waals surface area contributed by atoms with Gasteiger partial charge in [0, 0.05) is 18.4 Å². The number of hydrogen-bond donors (Lipinski definition) is 2. The Bertz CT molecular complexity index is 1520. The number of carbonyl (C=O) groups is 3. The molecule has 7 atom stereocenters. The molecule has 3 aliphatic heterocycles. The Kier molecular flexibility index (Phi) is 10.4. The van der Waals surface area contributed by atoms with E-state index >= 15 is 4.39 Å². The number of carbonyl (C=O) groups excluding carboxylic acids is 3. The normalized spacial score (nSPS) is 31.6. The minimum absolute atomic E-state index is 0.0598. The lowest BCUT2D eigenvalue weighted by atomic mass is 9.83. The highest BCUT2D eigenvalue weighted by Gasteiger charge is 2.47. The van der Waals surface area contributed by atoms with Crippen LogP contribution in [0, 0.1) is 11.8 Å². The molecule has 2 saturated heterocycles. The zero-order valence-electron chi connectivity index (χ0n) is 28.4. The Labute approximate surface area is 286 Å². The Morgan fingerprint density at radius 3 is 2.55 bits per heavy atom. The maximum absolute atomic E-state index is 15.1. The van der Waals surface area contributed by atoms with E-state index in [-0.39, 0.29) is 37.4 Å². The molecule has 2 amide bonds. The fourth-order valence-corrected chi connectivity index (χ4v) is 8.26. The van der Waals surface area contributed by atoms with Crippen LogP contribution in [0.2, 0.25) is 0 Å². The van der Waals surface area contributed by atoms with Crippen molar-refractivity contribution in [1.29, 1.82) is 0 Å². The highest BCUT2D eigenvalue weighted by molar-refractivity contribution is 5.91. The van der Waals surface area contributed by atoms with Gasteiger partial charge < -0.3 is 34.5 Å². The highest BCUT2D eigenvalue weighted by atomic mass is 19.1. The van der Waals surface area contributed by atoms with Crippen LogP contribution in [0.5, 0.6) is 11.6 Å². The first-order valence-corrected chi connectivity index (χ1v) is 18.3. The van der Waals surface area contributed by atoms with Gasteiger partial charge in [-0.05, 0) is 75.5 Å². The molecule has 49 heavy (non-hydrogen) atoms. The summed E-state index contributed by atoms with van der Waals surface area (Å²) in [7, 11) is 1.31. The summed E-state index contributed by atoms with van der Waals surface area (Å²) in [6.45, 7) is 1.03. The first-order valence-electron chi connectivity index (χ1n) is 18.3. The quantitative estimate of drug-likeness (QED) is 0.428. The number of benzene rings is 1. The number of piperidine rings is 1. The fraction of sp³-hybridized carbons (Fsp3) is 0.676. The monoisotopic (exact) mass is 680 g/mol. The van der Waals surface area contributed by atoms with Crippen LogP contribution in [-0.2, 0) is 25.5 Å². The number of methoxy groups -OCH3 is 1. The van der Waals surface area contributed by atoms with Gasteiger partial charge in [0.05, 0.1) is 24.7 Å². The van der Waals surface area contributed by atoms with Crippen LogP contribution in [0.25, 0.3) is 10.9 Å². The summed E-state index contributed by atoms with van der Waals surface area (Å²) in [5.74, 6) is 0.361. The van der Waals surface area contributed by atoms with E-state index in [4.69, 9.17) is 23.9 Å². The van der Waals surface area contributed by atoms with Crippen molar-refractivity contribution < 1.29 is 37.7 Å². The van der Waals surface area contributed by atoms with Crippen molar-refractivity contribution >= 4 is 28.9 Å². The van der Waals surface area contributed by atoms with Crippen LogP contribution in [0.3, 0.4) is 0 Å². The van der Waals surface area contributed by atoms with Crippen molar-refractivity contribution in [2.45, 2.75) is 120 Å². The molecule has 1 aromatic carbocycles. The molecular weight excluding hydrogens is 631 g/mol. The molecule has 0 spiro atoms. The second-order valence-electron chi connectivity index (χ2n) is 14.5. The molecule has 11 nitrogen and oxygen atoms in total. The predicted molar refractivity (Wildman–Crippen MR) is 179 cm³/mol. The van der Waals surface area contributed by atoms with Crippen LogP contribution in [0.1, 0.15) is 82.6 Å². The van der Waals surface area contributed by atoms with Gasteiger partial charge in [-0.3, -0.25) is 4.79 Å². The number of amides is 2. The number of ether oxygens (including phenoxy) is 4. The fourth-order valence-electron chi connectivity index (χ4n) is 8.26. The third kappa shape index (κ3) is 7.59. The average Bonchev–Trinajstić information content (AvgIpc) is 3.71. The van der Waals surface area contributed by atoms with Gasteiger partial charge >= 0.3 is 12.1 Å². The van der Waals surface area contributed by atoms with Crippen molar-refractivity contribution in [2.24, 2.45) is 11.8 Å². The Morgan fingerprint density at radius 1 is 0.980 bits per heavy atom. The first-order chi connectivity index (χ1) is 23.9. The summed E-state index contributed by atoms with van der Waals surface area (Å²) in [6.07, 6.45) is 7.47. The molecule has 7 rings (SSSR count). The molecule has 12 heteroatoms. The van der Waals surface area contributed by atoms with Gasteiger partial charge in [0.2, 0.25) is 11.8 Å². The van der Waals surface area contributed by atoms with Gasteiger partial charge in [-0.2, -0.15) is 0 Å². The number of rotatable bonds is 4.